The molecular formula is C12H21N5O2. The highest BCUT2D eigenvalue weighted by Gasteiger charge is 2.32. The Labute approximate surface area is 112 Å². The number of rotatable bonds is 6. The average Bonchev–Trinajstić information content (AvgIpc) is 2.78. The van der Waals surface area contributed by atoms with Crippen LogP contribution in [0.4, 0.5) is 0 Å². The molecule has 19 heavy (non-hydrogen) atoms. The molecule has 0 spiro atoms. The minimum absolute atomic E-state index is 0.101. The van der Waals surface area contributed by atoms with E-state index < -0.39 is 5.41 Å². The monoisotopic (exact) mass is 267 g/mol. The van der Waals surface area contributed by atoms with Crippen molar-refractivity contribution in [1.29, 1.82) is 0 Å². The van der Waals surface area contributed by atoms with Crippen LogP contribution in [0.2, 0.25) is 0 Å². The maximum Gasteiger partial charge on any atom is 0.233 e. The Morgan fingerprint density at radius 2 is 2.32 bits per heavy atom. The molecule has 0 saturated carbocycles. The van der Waals surface area contributed by atoms with E-state index in [9.17, 15) is 4.79 Å². The van der Waals surface area contributed by atoms with Crippen LogP contribution in [-0.2, 0) is 11.2 Å². The molecule has 7 heteroatoms. The number of aryl methyl sites for hydroxylation is 2. The van der Waals surface area contributed by atoms with Gasteiger partial charge in [-0.15, -0.1) is 0 Å². The summed E-state index contributed by atoms with van der Waals surface area (Å²) in [6, 6.07) is 0. The van der Waals surface area contributed by atoms with E-state index in [-0.39, 0.29) is 11.7 Å². The van der Waals surface area contributed by atoms with E-state index in [2.05, 4.69) is 20.7 Å². The van der Waals surface area contributed by atoms with Crippen molar-refractivity contribution in [2.45, 2.75) is 33.6 Å². The van der Waals surface area contributed by atoms with E-state index in [0.717, 1.165) is 24.1 Å². The van der Waals surface area contributed by atoms with Crippen LogP contribution in [0.3, 0.4) is 0 Å². The van der Waals surface area contributed by atoms with Gasteiger partial charge in [-0.25, -0.2) is 0 Å². The molecule has 0 atom stereocenters. The molecule has 106 valence electrons. The third-order valence-corrected chi connectivity index (χ3v) is 3.16. The summed E-state index contributed by atoms with van der Waals surface area (Å²) in [7, 11) is 0. The molecule has 1 aromatic heterocycles. The van der Waals surface area contributed by atoms with Crippen LogP contribution in [0, 0.1) is 12.3 Å². The van der Waals surface area contributed by atoms with Crippen molar-refractivity contribution >= 4 is 11.7 Å². The first-order valence-corrected chi connectivity index (χ1v) is 6.14. The molecule has 0 aliphatic carbocycles. The molecule has 0 aliphatic rings. The SMILES string of the molecule is Cc1[nH]ncc1CCCNC(=O)C(C)(C)C(N)=NO. The van der Waals surface area contributed by atoms with Crippen LogP contribution < -0.4 is 11.1 Å². The number of carbonyl (C=O) groups excluding carboxylic acids is 1. The summed E-state index contributed by atoms with van der Waals surface area (Å²) in [6.45, 7) is 5.71. The Morgan fingerprint density at radius 1 is 1.63 bits per heavy atom. The molecule has 0 aromatic carbocycles. The number of oxime groups is 1. The highest BCUT2D eigenvalue weighted by Crippen LogP contribution is 2.15. The van der Waals surface area contributed by atoms with Gasteiger partial charge in [-0.3, -0.25) is 9.89 Å². The van der Waals surface area contributed by atoms with Crippen molar-refractivity contribution in [3.05, 3.63) is 17.5 Å². The largest absolute Gasteiger partial charge is 0.409 e. The van der Waals surface area contributed by atoms with E-state index in [1.807, 2.05) is 6.92 Å². The topological polar surface area (TPSA) is 116 Å². The van der Waals surface area contributed by atoms with Gasteiger partial charge in [-0.05, 0) is 39.2 Å². The summed E-state index contributed by atoms with van der Waals surface area (Å²) in [5.74, 6) is -0.359. The number of carbonyl (C=O) groups is 1. The van der Waals surface area contributed by atoms with Gasteiger partial charge in [0.25, 0.3) is 0 Å². The van der Waals surface area contributed by atoms with Crippen molar-refractivity contribution < 1.29 is 10.0 Å². The second-order valence-electron chi connectivity index (χ2n) is 4.99. The van der Waals surface area contributed by atoms with Crippen LogP contribution in [0.1, 0.15) is 31.5 Å². The van der Waals surface area contributed by atoms with Gasteiger partial charge in [-0.2, -0.15) is 5.10 Å². The number of nitrogens with one attached hydrogen (secondary N) is 2. The van der Waals surface area contributed by atoms with Crippen molar-refractivity contribution in [2.75, 3.05) is 6.54 Å². The van der Waals surface area contributed by atoms with Crippen molar-refractivity contribution in [1.82, 2.24) is 15.5 Å². The minimum Gasteiger partial charge on any atom is -0.409 e. The predicted octanol–water partition coefficient (Wildman–Crippen LogP) is 0.540. The lowest BCUT2D eigenvalue weighted by atomic mass is 9.91. The lowest BCUT2D eigenvalue weighted by Gasteiger charge is -2.21. The minimum atomic E-state index is -1.01. The van der Waals surface area contributed by atoms with E-state index in [0.29, 0.717) is 6.54 Å². The number of H-pyrrole nitrogens is 1. The van der Waals surface area contributed by atoms with Gasteiger partial charge in [0.15, 0.2) is 5.84 Å². The molecule has 1 amide bonds. The number of nitrogens with zero attached hydrogens (tertiary/aromatic N) is 2. The average molecular weight is 267 g/mol. The zero-order chi connectivity index (χ0) is 14.5. The summed E-state index contributed by atoms with van der Waals surface area (Å²) in [4.78, 5) is 11.9. The zero-order valence-corrected chi connectivity index (χ0v) is 11.5. The molecule has 0 unspecified atom stereocenters. The number of hydrogen-bond donors (Lipinski definition) is 4. The van der Waals surface area contributed by atoms with Crippen molar-refractivity contribution in [3.8, 4) is 0 Å². The van der Waals surface area contributed by atoms with Crippen LogP contribution in [0.15, 0.2) is 11.4 Å². The molecule has 1 rings (SSSR count). The van der Waals surface area contributed by atoms with Crippen LogP contribution in [0.5, 0.6) is 0 Å². The second-order valence-corrected chi connectivity index (χ2v) is 4.99. The van der Waals surface area contributed by atoms with Crippen LogP contribution >= 0.6 is 0 Å². The normalized spacial score (nSPS) is 12.5. The fourth-order valence-electron chi connectivity index (χ4n) is 1.57. The molecule has 1 heterocycles. The first kappa shape index (κ1) is 15.0. The highest BCUT2D eigenvalue weighted by molar-refractivity contribution is 6.05. The van der Waals surface area contributed by atoms with Crippen molar-refractivity contribution in [3.63, 3.8) is 0 Å². The maximum atomic E-state index is 11.9. The molecule has 0 saturated heterocycles. The summed E-state index contributed by atoms with van der Waals surface area (Å²) < 4.78 is 0. The Kier molecular flexibility index (Phi) is 4.91. The molecule has 7 nitrogen and oxygen atoms in total. The molecule has 0 fully saturated rings. The van der Waals surface area contributed by atoms with Crippen molar-refractivity contribution in [2.24, 2.45) is 16.3 Å². The van der Waals surface area contributed by atoms with Gasteiger partial charge in [-0.1, -0.05) is 5.16 Å². The Bertz CT molecular complexity index is 464. The highest BCUT2D eigenvalue weighted by atomic mass is 16.4. The molecular weight excluding hydrogens is 246 g/mol. The van der Waals surface area contributed by atoms with Gasteiger partial charge >= 0.3 is 0 Å². The van der Waals surface area contributed by atoms with Crippen LogP contribution in [-0.4, -0.2) is 33.7 Å². The number of aromatic nitrogens is 2. The number of aromatic amines is 1. The van der Waals surface area contributed by atoms with Gasteiger partial charge < -0.3 is 16.3 Å². The first-order valence-electron chi connectivity index (χ1n) is 6.14. The summed E-state index contributed by atoms with van der Waals surface area (Å²) in [6.07, 6.45) is 3.43. The standard InChI is InChI=1S/C12H21N5O2/c1-8-9(7-15-16-8)5-4-6-14-11(18)12(2,3)10(13)17-19/h7,19H,4-6H2,1-3H3,(H2,13,17)(H,14,18)(H,15,16). The van der Waals surface area contributed by atoms with Crippen LogP contribution in [0.25, 0.3) is 0 Å². The number of amidine groups is 1. The Balaban J connectivity index is 2.37. The summed E-state index contributed by atoms with van der Waals surface area (Å²) in [5.41, 5.74) is 6.65. The van der Waals surface area contributed by atoms with Gasteiger partial charge in [0.2, 0.25) is 5.91 Å². The maximum absolute atomic E-state index is 11.9. The van der Waals surface area contributed by atoms with Gasteiger partial charge in [0.05, 0.1) is 6.20 Å². The van der Waals surface area contributed by atoms with E-state index >= 15 is 0 Å². The Morgan fingerprint density at radius 3 is 2.84 bits per heavy atom. The molecule has 1 aromatic rings. The lowest BCUT2D eigenvalue weighted by Crippen LogP contribution is -2.46. The second kappa shape index (κ2) is 6.21. The molecule has 0 radical (unpaired) electrons. The lowest BCUT2D eigenvalue weighted by molar-refractivity contribution is -0.126. The third-order valence-electron chi connectivity index (χ3n) is 3.16. The molecule has 0 aliphatic heterocycles. The molecule has 5 N–H and O–H groups in total. The fourth-order valence-corrected chi connectivity index (χ4v) is 1.57. The molecule has 0 bridgehead atoms. The summed E-state index contributed by atoms with van der Waals surface area (Å²) >= 11 is 0. The van der Waals surface area contributed by atoms with E-state index in [4.69, 9.17) is 10.9 Å². The predicted molar refractivity (Wildman–Crippen MR) is 71.8 cm³/mol. The third kappa shape index (κ3) is 3.70. The first-order chi connectivity index (χ1) is 8.89. The summed E-state index contributed by atoms with van der Waals surface area (Å²) in [5, 5.41) is 21.1. The van der Waals surface area contributed by atoms with E-state index in [1.54, 1.807) is 20.0 Å². The van der Waals surface area contributed by atoms with Gasteiger partial charge in [0, 0.05) is 12.2 Å². The number of hydrogen-bond acceptors (Lipinski definition) is 4. The smallest absolute Gasteiger partial charge is 0.233 e. The number of nitrogens with two attached hydrogens (primary N) is 1. The van der Waals surface area contributed by atoms with E-state index in [1.165, 1.54) is 0 Å². The fraction of sp³-hybridized carbons (Fsp3) is 0.583. The quantitative estimate of drug-likeness (QED) is 0.198. The number of amides is 1. The zero-order valence-electron chi connectivity index (χ0n) is 11.5. The Hall–Kier alpha value is -2.05. The van der Waals surface area contributed by atoms with Gasteiger partial charge in [0.1, 0.15) is 5.41 Å².